The van der Waals surface area contributed by atoms with Crippen molar-refractivity contribution in [3.05, 3.63) is 23.8 Å². The molecule has 0 radical (unpaired) electrons. The standard InChI is InChI=1S/C14H20N2O2/c1-14(2)7-10(14)13(17)16-11-5-4-9(8-15)6-12(11)18-3/h4-6,10H,7-8,15H2,1-3H3,(H,16,17). The zero-order chi connectivity index (χ0) is 13.3. The second-order valence-corrected chi connectivity index (χ2v) is 5.47. The van der Waals surface area contributed by atoms with Crippen LogP contribution in [0.15, 0.2) is 18.2 Å². The SMILES string of the molecule is COc1cc(CN)ccc1NC(=O)C1CC1(C)C. The number of hydrogen-bond donors (Lipinski definition) is 2. The molecule has 0 bridgehead atoms. The number of methoxy groups -OCH3 is 1. The Morgan fingerprint density at radius 1 is 1.56 bits per heavy atom. The number of nitrogens with two attached hydrogens (primary N) is 1. The topological polar surface area (TPSA) is 64.3 Å². The first-order valence-electron chi connectivity index (χ1n) is 6.16. The third-order valence-corrected chi connectivity index (χ3v) is 3.59. The predicted molar refractivity (Wildman–Crippen MR) is 71.4 cm³/mol. The number of nitrogens with one attached hydrogen (secondary N) is 1. The molecule has 98 valence electrons. The molecule has 1 aromatic rings. The van der Waals surface area contributed by atoms with Gasteiger partial charge in [0.15, 0.2) is 0 Å². The third-order valence-electron chi connectivity index (χ3n) is 3.59. The molecule has 1 aromatic carbocycles. The first-order chi connectivity index (χ1) is 8.47. The van der Waals surface area contributed by atoms with E-state index in [1.54, 1.807) is 7.11 Å². The van der Waals surface area contributed by atoms with Crippen LogP contribution in [0, 0.1) is 11.3 Å². The maximum absolute atomic E-state index is 12.0. The molecule has 4 nitrogen and oxygen atoms in total. The van der Waals surface area contributed by atoms with E-state index in [1.807, 2.05) is 18.2 Å². The molecule has 1 amide bonds. The number of hydrogen-bond acceptors (Lipinski definition) is 3. The second kappa shape index (κ2) is 4.61. The fraction of sp³-hybridized carbons (Fsp3) is 0.500. The van der Waals surface area contributed by atoms with Crippen molar-refractivity contribution >= 4 is 11.6 Å². The zero-order valence-corrected chi connectivity index (χ0v) is 11.1. The number of benzene rings is 1. The van der Waals surface area contributed by atoms with Crippen LogP contribution >= 0.6 is 0 Å². The molecule has 18 heavy (non-hydrogen) atoms. The van der Waals surface area contributed by atoms with Crippen LogP contribution in [0.5, 0.6) is 5.75 Å². The normalized spacial score (nSPS) is 20.3. The van der Waals surface area contributed by atoms with E-state index in [0.717, 1.165) is 12.0 Å². The molecule has 1 atom stereocenters. The van der Waals surface area contributed by atoms with Crippen LogP contribution < -0.4 is 15.8 Å². The van der Waals surface area contributed by atoms with Gasteiger partial charge in [0.2, 0.25) is 5.91 Å². The number of amides is 1. The number of rotatable bonds is 4. The van der Waals surface area contributed by atoms with Gasteiger partial charge in [0.1, 0.15) is 5.75 Å². The first-order valence-corrected chi connectivity index (χ1v) is 6.16. The van der Waals surface area contributed by atoms with Crippen LogP contribution in [0.2, 0.25) is 0 Å². The van der Waals surface area contributed by atoms with Gasteiger partial charge >= 0.3 is 0 Å². The lowest BCUT2D eigenvalue weighted by Crippen LogP contribution is -2.17. The molecule has 0 aromatic heterocycles. The predicted octanol–water partition coefficient (Wildman–Crippen LogP) is 2.14. The maximum Gasteiger partial charge on any atom is 0.228 e. The van der Waals surface area contributed by atoms with Gasteiger partial charge in [-0.1, -0.05) is 19.9 Å². The molecule has 2 rings (SSSR count). The monoisotopic (exact) mass is 248 g/mol. The average molecular weight is 248 g/mol. The lowest BCUT2D eigenvalue weighted by atomic mass is 10.1. The van der Waals surface area contributed by atoms with E-state index >= 15 is 0 Å². The summed E-state index contributed by atoms with van der Waals surface area (Å²) in [6, 6.07) is 5.60. The van der Waals surface area contributed by atoms with E-state index in [4.69, 9.17) is 10.5 Å². The van der Waals surface area contributed by atoms with Crippen molar-refractivity contribution in [2.45, 2.75) is 26.8 Å². The summed E-state index contributed by atoms with van der Waals surface area (Å²) >= 11 is 0. The van der Waals surface area contributed by atoms with Gasteiger partial charge in [0.25, 0.3) is 0 Å². The molecule has 0 heterocycles. The minimum absolute atomic E-state index is 0.0683. The van der Waals surface area contributed by atoms with E-state index in [2.05, 4.69) is 19.2 Å². The molecule has 0 saturated heterocycles. The Bertz CT molecular complexity index is 469. The van der Waals surface area contributed by atoms with E-state index < -0.39 is 0 Å². The Hall–Kier alpha value is -1.55. The number of carbonyl (C=O) groups excluding carboxylic acids is 1. The minimum atomic E-state index is 0.0683. The van der Waals surface area contributed by atoms with E-state index in [-0.39, 0.29) is 17.2 Å². The molecule has 3 N–H and O–H groups in total. The third kappa shape index (κ3) is 2.48. The highest BCUT2D eigenvalue weighted by atomic mass is 16.5. The summed E-state index contributed by atoms with van der Waals surface area (Å²) in [5.41, 5.74) is 7.40. The smallest absolute Gasteiger partial charge is 0.228 e. The van der Waals surface area contributed by atoms with Crippen molar-refractivity contribution in [1.82, 2.24) is 0 Å². The summed E-state index contributed by atoms with van der Waals surface area (Å²) in [4.78, 5) is 12.0. The van der Waals surface area contributed by atoms with E-state index in [0.29, 0.717) is 18.0 Å². The lowest BCUT2D eigenvalue weighted by Gasteiger charge is -2.12. The molecule has 0 spiro atoms. The number of ether oxygens (including phenoxy) is 1. The average Bonchev–Trinajstić information content (AvgIpc) is 2.99. The highest BCUT2D eigenvalue weighted by Gasteiger charge is 2.50. The van der Waals surface area contributed by atoms with Crippen LogP contribution in [-0.4, -0.2) is 13.0 Å². The Balaban J connectivity index is 2.12. The quantitative estimate of drug-likeness (QED) is 0.858. The molecule has 1 fully saturated rings. The Labute approximate surface area is 108 Å². The van der Waals surface area contributed by atoms with Gasteiger partial charge in [-0.25, -0.2) is 0 Å². The molecule has 0 aliphatic heterocycles. The number of carbonyl (C=O) groups is 1. The fourth-order valence-corrected chi connectivity index (χ4v) is 2.10. The van der Waals surface area contributed by atoms with Crippen molar-refractivity contribution in [2.24, 2.45) is 17.1 Å². The van der Waals surface area contributed by atoms with Gasteiger partial charge < -0.3 is 15.8 Å². The van der Waals surface area contributed by atoms with Gasteiger partial charge in [-0.15, -0.1) is 0 Å². The van der Waals surface area contributed by atoms with Crippen LogP contribution in [0.1, 0.15) is 25.8 Å². The Kier molecular flexibility index (Phi) is 3.30. The highest BCUT2D eigenvalue weighted by Crippen LogP contribution is 2.52. The molecule has 1 aliphatic rings. The minimum Gasteiger partial charge on any atom is -0.495 e. The van der Waals surface area contributed by atoms with Crippen LogP contribution in [-0.2, 0) is 11.3 Å². The molecular formula is C14H20N2O2. The molecule has 1 saturated carbocycles. The summed E-state index contributed by atoms with van der Waals surface area (Å²) in [6.45, 7) is 4.66. The van der Waals surface area contributed by atoms with Gasteiger partial charge in [-0.3, -0.25) is 4.79 Å². The van der Waals surface area contributed by atoms with Gasteiger partial charge in [0, 0.05) is 12.5 Å². The lowest BCUT2D eigenvalue weighted by molar-refractivity contribution is -0.118. The summed E-state index contributed by atoms with van der Waals surface area (Å²) in [5, 5.41) is 2.93. The van der Waals surface area contributed by atoms with Crippen LogP contribution in [0.4, 0.5) is 5.69 Å². The Morgan fingerprint density at radius 3 is 2.72 bits per heavy atom. The van der Waals surface area contributed by atoms with Gasteiger partial charge in [-0.2, -0.15) is 0 Å². The second-order valence-electron chi connectivity index (χ2n) is 5.47. The van der Waals surface area contributed by atoms with Crippen LogP contribution in [0.3, 0.4) is 0 Å². The van der Waals surface area contributed by atoms with E-state index in [9.17, 15) is 4.79 Å². The zero-order valence-electron chi connectivity index (χ0n) is 11.1. The van der Waals surface area contributed by atoms with Gasteiger partial charge in [0.05, 0.1) is 12.8 Å². The van der Waals surface area contributed by atoms with Gasteiger partial charge in [-0.05, 0) is 29.5 Å². The largest absolute Gasteiger partial charge is 0.495 e. The maximum atomic E-state index is 12.0. The molecule has 1 unspecified atom stereocenters. The molecule has 4 heteroatoms. The summed E-state index contributed by atoms with van der Waals surface area (Å²) in [6.07, 6.45) is 0.946. The Morgan fingerprint density at radius 2 is 2.22 bits per heavy atom. The van der Waals surface area contributed by atoms with Crippen molar-refractivity contribution < 1.29 is 9.53 Å². The van der Waals surface area contributed by atoms with Crippen molar-refractivity contribution in [1.29, 1.82) is 0 Å². The highest BCUT2D eigenvalue weighted by molar-refractivity contribution is 5.96. The number of anilines is 1. The first kappa shape index (κ1) is 12.9. The fourth-order valence-electron chi connectivity index (χ4n) is 2.10. The summed E-state index contributed by atoms with van der Waals surface area (Å²) < 4.78 is 5.27. The van der Waals surface area contributed by atoms with Crippen molar-refractivity contribution in [3.8, 4) is 5.75 Å². The van der Waals surface area contributed by atoms with E-state index in [1.165, 1.54) is 0 Å². The van der Waals surface area contributed by atoms with Crippen molar-refractivity contribution in [3.63, 3.8) is 0 Å². The summed E-state index contributed by atoms with van der Waals surface area (Å²) in [7, 11) is 1.59. The molecular weight excluding hydrogens is 228 g/mol. The molecule has 1 aliphatic carbocycles. The summed E-state index contributed by atoms with van der Waals surface area (Å²) in [5.74, 6) is 0.833. The van der Waals surface area contributed by atoms with Crippen molar-refractivity contribution in [2.75, 3.05) is 12.4 Å². The van der Waals surface area contributed by atoms with Crippen LogP contribution in [0.25, 0.3) is 0 Å².